The Hall–Kier alpha value is -4.14. The monoisotopic (exact) mass is 498 g/mol. The van der Waals surface area contributed by atoms with Gasteiger partial charge < -0.3 is 18.9 Å². The summed E-state index contributed by atoms with van der Waals surface area (Å²) in [4.78, 5) is 0. The number of methoxy groups -OCH3 is 4. The molecule has 0 aliphatic heterocycles. The maximum absolute atomic E-state index is 13.3. The highest BCUT2D eigenvalue weighted by Gasteiger charge is 2.30. The Kier molecular flexibility index (Phi) is 7.10. The highest BCUT2D eigenvalue weighted by molar-refractivity contribution is 5.72. The molecule has 0 bridgehead atoms. The summed E-state index contributed by atoms with van der Waals surface area (Å²) < 4.78 is 63.1. The fraction of sp³-hybridized carbons (Fsp3) is 0.222. The molecular formula is C27H25F3N2O4. The van der Waals surface area contributed by atoms with Crippen molar-refractivity contribution in [3.05, 3.63) is 77.9 Å². The van der Waals surface area contributed by atoms with Crippen LogP contribution in [0.2, 0.25) is 0 Å². The van der Waals surface area contributed by atoms with Gasteiger partial charge in [-0.1, -0.05) is 12.1 Å². The van der Waals surface area contributed by atoms with Gasteiger partial charge in [0.2, 0.25) is 0 Å². The third-order valence-corrected chi connectivity index (χ3v) is 5.73. The molecule has 36 heavy (non-hydrogen) atoms. The molecule has 0 N–H and O–H groups in total. The lowest BCUT2D eigenvalue weighted by Crippen LogP contribution is -2.08. The van der Waals surface area contributed by atoms with Crippen LogP contribution in [-0.2, 0) is 12.7 Å². The Balaban J connectivity index is 1.83. The number of hydrogen-bond acceptors (Lipinski definition) is 5. The summed E-state index contributed by atoms with van der Waals surface area (Å²) in [7, 11) is 6.18. The minimum atomic E-state index is -4.43. The molecule has 0 radical (unpaired) electrons. The summed E-state index contributed by atoms with van der Waals surface area (Å²) in [5, 5.41) is 4.74. The fourth-order valence-electron chi connectivity index (χ4n) is 3.92. The average Bonchev–Trinajstić information content (AvgIpc) is 3.31. The second-order valence-electron chi connectivity index (χ2n) is 7.91. The van der Waals surface area contributed by atoms with Crippen LogP contribution in [0.15, 0.2) is 66.7 Å². The molecule has 0 spiro atoms. The molecule has 3 aromatic carbocycles. The first-order valence-electron chi connectivity index (χ1n) is 11.0. The van der Waals surface area contributed by atoms with Gasteiger partial charge in [-0.2, -0.15) is 18.3 Å². The quantitative estimate of drug-likeness (QED) is 0.285. The van der Waals surface area contributed by atoms with Crippen molar-refractivity contribution in [3.63, 3.8) is 0 Å². The van der Waals surface area contributed by atoms with Gasteiger partial charge in [-0.05, 0) is 60.2 Å². The van der Waals surface area contributed by atoms with Crippen molar-refractivity contribution in [2.45, 2.75) is 12.7 Å². The average molecular weight is 499 g/mol. The van der Waals surface area contributed by atoms with Crippen molar-refractivity contribution in [3.8, 4) is 45.5 Å². The van der Waals surface area contributed by atoms with Crippen molar-refractivity contribution in [1.82, 2.24) is 9.78 Å². The highest BCUT2D eigenvalue weighted by Crippen LogP contribution is 2.37. The lowest BCUT2D eigenvalue weighted by molar-refractivity contribution is -0.137. The summed E-state index contributed by atoms with van der Waals surface area (Å²) in [5.74, 6) is 2.19. The molecule has 0 amide bonds. The van der Waals surface area contributed by atoms with E-state index in [1.165, 1.54) is 13.2 Å². The molecule has 0 fully saturated rings. The zero-order valence-corrected chi connectivity index (χ0v) is 20.2. The number of aromatic nitrogens is 2. The van der Waals surface area contributed by atoms with Gasteiger partial charge in [-0.25, -0.2) is 0 Å². The predicted molar refractivity (Wildman–Crippen MR) is 130 cm³/mol. The molecule has 0 aliphatic rings. The number of rotatable bonds is 8. The number of ether oxygens (including phenoxy) is 4. The lowest BCUT2D eigenvalue weighted by Gasteiger charge is -2.12. The van der Waals surface area contributed by atoms with Crippen LogP contribution in [0.1, 0.15) is 11.1 Å². The number of hydrogen-bond donors (Lipinski definition) is 0. The Morgan fingerprint density at radius 1 is 0.694 bits per heavy atom. The first-order chi connectivity index (χ1) is 17.3. The van der Waals surface area contributed by atoms with Crippen molar-refractivity contribution in [2.75, 3.05) is 28.4 Å². The number of halogens is 3. The molecule has 4 aromatic rings. The van der Waals surface area contributed by atoms with Crippen LogP contribution < -0.4 is 18.9 Å². The Morgan fingerprint density at radius 3 is 1.86 bits per heavy atom. The van der Waals surface area contributed by atoms with Crippen molar-refractivity contribution < 1.29 is 32.1 Å². The van der Waals surface area contributed by atoms with E-state index in [1.807, 2.05) is 18.2 Å². The van der Waals surface area contributed by atoms with E-state index in [1.54, 1.807) is 56.3 Å². The van der Waals surface area contributed by atoms with Gasteiger partial charge >= 0.3 is 6.18 Å². The first-order valence-corrected chi connectivity index (χ1v) is 11.0. The van der Waals surface area contributed by atoms with E-state index < -0.39 is 11.7 Å². The van der Waals surface area contributed by atoms with Gasteiger partial charge in [0, 0.05) is 11.1 Å². The van der Waals surface area contributed by atoms with Crippen LogP contribution in [0.25, 0.3) is 22.5 Å². The molecular weight excluding hydrogens is 473 g/mol. The summed E-state index contributed by atoms with van der Waals surface area (Å²) >= 11 is 0. The zero-order valence-electron chi connectivity index (χ0n) is 20.2. The van der Waals surface area contributed by atoms with Gasteiger partial charge in [-0.3, -0.25) is 4.68 Å². The van der Waals surface area contributed by atoms with Crippen LogP contribution in [0.4, 0.5) is 13.2 Å². The van der Waals surface area contributed by atoms with E-state index in [9.17, 15) is 13.2 Å². The topological polar surface area (TPSA) is 54.7 Å². The zero-order chi connectivity index (χ0) is 25.9. The van der Waals surface area contributed by atoms with Crippen LogP contribution in [0, 0.1) is 0 Å². The van der Waals surface area contributed by atoms with Gasteiger partial charge in [-0.15, -0.1) is 0 Å². The van der Waals surface area contributed by atoms with Crippen molar-refractivity contribution in [2.24, 2.45) is 0 Å². The molecule has 0 atom stereocenters. The van der Waals surface area contributed by atoms with E-state index in [-0.39, 0.29) is 6.54 Å². The van der Waals surface area contributed by atoms with Crippen LogP contribution in [0.5, 0.6) is 23.0 Å². The van der Waals surface area contributed by atoms with E-state index in [2.05, 4.69) is 0 Å². The normalized spacial score (nSPS) is 11.3. The molecule has 0 saturated carbocycles. The summed E-state index contributed by atoms with van der Waals surface area (Å²) in [5.41, 5.74) is 2.59. The third kappa shape index (κ3) is 5.10. The van der Waals surface area contributed by atoms with E-state index in [0.717, 1.165) is 23.3 Å². The minimum Gasteiger partial charge on any atom is -0.493 e. The van der Waals surface area contributed by atoms with Crippen LogP contribution in [0.3, 0.4) is 0 Å². The minimum absolute atomic E-state index is 0.126. The molecule has 9 heteroatoms. The molecule has 0 unspecified atom stereocenters. The number of alkyl halides is 3. The number of benzene rings is 3. The second-order valence-corrected chi connectivity index (χ2v) is 7.91. The molecule has 6 nitrogen and oxygen atoms in total. The largest absolute Gasteiger partial charge is 0.493 e. The fourth-order valence-corrected chi connectivity index (χ4v) is 3.92. The maximum atomic E-state index is 13.3. The van der Waals surface area contributed by atoms with Crippen LogP contribution >= 0.6 is 0 Å². The summed E-state index contributed by atoms with van der Waals surface area (Å²) in [6.07, 6.45) is -4.43. The van der Waals surface area contributed by atoms with Crippen molar-refractivity contribution in [1.29, 1.82) is 0 Å². The SMILES string of the molecule is COc1ccc(-c2cc(-c3ccc(OC)c(OC)c3)n(Cc3cccc(C(F)(F)F)c3)n2)cc1OC. The molecule has 0 saturated heterocycles. The van der Waals surface area contributed by atoms with Gasteiger partial charge in [0.05, 0.1) is 51.9 Å². The maximum Gasteiger partial charge on any atom is 0.416 e. The molecule has 0 aliphatic carbocycles. The Morgan fingerprint density at radius 2 is 1.28 bits per heavy atom. The Bertz CT molecular complexity index is 1370. The predicted octanol–water partition coefficient (Wildman–Crippen LogP) is 6.32. The molecule has 1 aromatic heterocycles. The Labute approximate surface area is 206 Å². The summed E-state index contributed by atoms with van der Waals surface area (Å²) in [6.45, 7) is 0.126. The van der Waals surface area contributed by atoms with Crippen molar-refractivity contribution >= 4 is 0 Å². The van der Waals surface area contributed by atoms with E-state index >= 15 is 0 Å². The highest BCUT2D eigenvalue weighted by atomic mass is 19.4. The van der Waals surface area contributed by atoms with Gasteiger partial charge in [0.25, 0.3) is 0 Å². The molecule has 4 rings (SSSR count). The smallest absolute Gasteiger partial charge is 0.416 e. The first kappa shape index (κ1) is 25.0. The van der Waals surface area contributed by atoms with E-state index in [0.29, 0.717) is 39.9 Å². The van der Waals surface area contributed by atoms with Crippen LogP contribution in [-0.4, -0.2) is 38.2 Å². The van der Waals surface area contributed by atoms with Gasteiger partial charge in [0.1, 0.15) is 0 Å². The van der Waals surface area contributed by atoms with Gasteiger partial charge in [0.15, 0.2) is 23.0 Å². The molecule has 1 heterocycles. The standard InChI is InChI=1S/C27H25F3N2O4/c1-33-23-10-8-18(13-25(23)35-3)21-15-22(19-9-11-24(34-2)26(14-19)36-4)32(31-21)16-17-6-5-7-20(12-17)27(28,29)30/h5-15H,16H2,1-4H3. The number of nitrogens with zero attached hydrogens (tertiary/aromatic N) is 2. The molecule has 188 valence electrons. The van der Waals surface area contributed by atoms with E-state index in [4.69, 9.17) is 24.0 Å². The summed E-state index contributed by atoms with van der Waals surface area (Å²) in [6, 6.07) is 17.9. The lowest BCUT2D eigenvalue weighted by atomic mass is 10.1. The second kappa shape index (κ2) is 10.2. The third-order valence-electron chi connectivity index (χ3n) is 5.73.